The molecule has 0 unspecified atom stereocenters. The second-order valence-corrected chi connectivity index (χ2v) is 8.53. The molecule has 1 amide bonds. The summed E-state index contributed by atoms with van der Waals surface area (Å²) in [6, 6.07) is 25.5. The lowest BCUT2D eigenvalue weighted by Gasteiger charge is -2.25. The van der Waals surface area contributed by atoms with E-state index < -0.39 is 0 Å². The van der Waals surface area contributed by atoms with Crippen LogP contribution in [0.15, 0.2) is 89.5 Å². The summed E-state index contributed by atoms with van der Waals surface area (Å²) in [5.41, 5.74) is 4.03. The molecule has 4 aromatic rings. The van der Waals surface area contributed by atoms with E-state index >= 15 is 0 Å². The van der Waals surface area contributed by atoms with E-state index in [0.717, 1.165) is 54.2 Å². The van der Waals surface area contributed by atoms with Crippen LogP contribution in [0.3, 0.4) is 0 Å². The number of halogens is 1. The largest absolute Gasteiger partial charge is 0.340 e. The van der Waals surface area contributed by atoms with Crippen LogP contribution in [-0.2, 0) is 13.1 Å². The van der Waals surface area contributed by atoms with Crippen LogP contribution < -0.4 is 4.90 Å². The van der Waals surface area contributed by atoms with Crippen LogP contribution in [0.2, 0.25) is 0 Å². The van der Waals surface area contributed by atoms with Gasteiger partial charge in [-0.05, 0) is 42.7 Å². The van der Waals surface area contributed by atoms with Crippen molar-refractivity contribution in [2.45, 2.75) is 25.9 Å². The normalized spacial score (nSPS) is 13.3. The van der Waals surface area contributed by atoms with Gasteiger partial charge in [0.1, 0.15) is 11.5 Å². The Bertz CT molecular complexity index is 1230. The first kappa shape index (κ1) is 21.9. The van der Waals surface area contributed by atoms with Crippen molar-refractivity contribution in [3.8, 4) is 11.3 Å². The van der Waals surface area contributed by atoms with Crippen molar-refractivity contribution < 1.29 is 13.7 Å². The Morgan fingerprint density at radius 2 is 1.53 bits per heavy atom. The van der Waals surface area contributed by atoms with Crippen molar-refractivity contribution in [3.05, 3.63) is 107 Å². The molecule has 1 aromatic heterocycles. The van der Waals surface area contributed by atoms with E-state index in [9.17, 15) is 9.18 Å². The average molecular weight is 456 g/mol. The fraction of sp³-hybridized carbons (Fsp3) is 0.214. The number of benzene rings is 3. The molecule has 172 valence electrons. The van der Waals surface area contributed by atoms with Gasteiger partial charge in [0, 0.05) is 30.8 Å². The Hall–Kier alpha value is -3.93. The summed E-state index contributed by atoms with van der Waals surface area (Å²) < 4.78 is 19.4. The molecule has 0 aliphatic carbocycles. The van der Waals surface area contributed by atoms with Crippen molar-refractivity contribution in [3.63, 3.8) is 0 Å². The van der Waals surface area contributed by atoms with E-state index in [1.54, 1.807) is 4.90 Å². The molecule has 0 spiro atoms. The number of carbonyl (C=O) groups is 1. The highest BCUT2D eigenvalue weighted by molar-refractivity contribution is 5.94. The number of hydrogen-bond acceptors (Lipinski definition) is 4. The predicted molar refractivity (Wildman–Crippen MR) is 130 cm³/mol. The molecule has 6 heteroatoms. The van der Waals surface area contributed by atoms with Gasteiger partial charge < -0.3 is 14.3 Å². The van der Waals surface area contributed by atoms with Crippen molar-refractivity contribution in [1.29, 1.82) is 0 Å². The first-order valence-corrected chi connectivity index (χ1v) is 11.6. The molecule has 0 atom stereocenters. The zero-order chi connectivity index (χ0) is 23.3. The predicted octanol–water partition coefficient (Wildman–Crippen LogP) is 5.92. The van der Waals surface area contributed by atoms with E-state index in [4.69, 9.17) is 4.52 Å². The minimum Gasteiger partial charge on any atom is -0.340 e. The number of rotatable bonds is 7. The first-order chi connectivity index (χ1) is 16.7. The molecule has 0 bridgehead atoms. The third-order valence-electron chi connectivity index (χ3n) is 6.15. The fourth-order valence-electron chi connectivity index (χ4n) is 4.40. The molecule has 1 fully saturated rings. The average Bonchev–Trinajstić information content (AvgIpc) is 3.55. The van der Waals surface area contributed by atoms with Gasteiger partial charge in [-0.2, -0.15) is 0 Å². The van der Waals surface area contributed by atoms with Crippen molar-refractivity contribution in [2.24, 2.45) is 0 Å². The number of nitrogens with zero attached hydrogens (tertiary/aromatic N) is 3. The van der Waals surface area contributed by atoms with Gasteiger partial charge in [0.25, 0.3) is 5.91 Å². The van der Waals surface area contributed by atoms with Crippen LogP contribution in [-0.4, -0.2) is 29.1 Å². The maximum atomic E-state index is 13.6. The summed E-state index contributed by atoms with van der Waals surface area (Å²) in [5.74, 6) is 0.186. The molecule has 1 saturated heterocycles. The quantitative estimate of drug-likeness (QED) is 0.347. The number of amides is 1. The number of carbonyl (C=O) groups excluding carboxylic acids is 1. The minimum absolute atomic E-state index is 0.170. The van der Waals surface area contributed by atoms with Gasteiger partial charge in [0.2, 0.25) is 5.88 Å². The molecular formula is C28H26FN3O2. The number of anilines is 1. The lowest BCUT2D eigenvalue weighted by molar-refractivity contribution is 0.0730. The Kier molecular flexibility index (Phi) is 6.38. The van der Waals surface area contributed by atoms with Crippen molar-refractivity contribution >= 4 is 11.8 Å². The Morgan fingerprint density at radius 1 is 0.882 bits per heavy atom. The van der Waals surface area contributed by atoms with Crippen LogP contribution in [0.25, 0.3) is 11.3 Å². The van der Waals surface area contributed by atoms with Gasteiger partial charge in [-0.1, -0.05) is 65.8 Å². The lowest BCUT2D eigenvalue weighted by atomic mass is 10.1. The van der Waals surface area contributed by atoms with Gasteiger partial charge >= 0.3 is 0 Å². The maximum Gasteiger partial charge on any atom is 0.254 e. The van der Waals surface area contributed by atoms with Crippen molar-refractivity contribution in [1.82, 2.24) is 10.1 Å². The monoisotopic (exact) mass is 455 g/mol. The van der Waals surface area contributed by atoms with Gasteiger partial charge in [-0.25, -0.2) is 4.39 Å². The molecule has 1 aliphatic rings. The lowest BCUT2D eigenvalue weighted by Crippen LogP contribution is -2.31. The summed E-state index contributed by atoms with van der Waals surface area (Å²) in [6.45, 7) is 2.54. The van der Waals surface area contributed by atoms with Crippen LogP contribution in [0.1, 0.15) is 34.3 Å². The SMILES string of the molecule is O=C(c1ccc(F)cc1)N(Cc1ccccc1)Cc1c(-c2ccccc2)noc1N1CCCC1. The molecule has 1 aliphatic heterocycles. The third kappa shape index (κ3) is 4.71. The zero-order valence-electron chi connectivity index (χ0n) is 18.9. The Morgan fingerprint density at radius 3 is 2.21 bits per heavy atom. The van der Waals surface area contributed by atoms with Gasteiger partial charge in [-0.15, -0.1) is 0 Å². The van der Waals surface area contributed by atoms with E-state index in [1.165, 1.54) is 24.3 Å². The smallest absolute Gasteiger partial charge is 0.254 e. The van der Waals surface area contributed by atoms with E-state index in [0.29, 0.717) is 18.7 Å². The second kappa shape index (κ2) is 9.91. The van der Waals surface area contributed by atoms with E-state index in [2.05, 4.69) is 10.1 Å². The molecule has 5 rings (SSSR count). The van der Waals surface area contributed by atoms with Crippen molar-refractivity contribution in [2.75, 3.05) is 18.0 Å². The van der Waals surface area contributed by atoms with Gasteiger partial charge in [0.05, 0.1) is 12.1 Å². The third-order valence-corrected chi connectivity index (χ3v) is 6.15. The Labute approximate surface area is 198 Å². The molecule has 0 radical (unpaired) electrons. The fourth-order valence-corrected chi connectivity index (χ4v) is 4.40. The highest BCUT2D eigenvalue weighted by Gasteiger charge is 2.28. The maximum absolute atomic E-state index is 13.6. The Balaban J connectivity index is 1.55. The topological polar surface area (TPSA) is 49.6 Å². The summed E-state index contributed by atoms with van der Waals surface area (Å²) in [7, 11) is 0. The van der Waals surface area contributed by atoms with Gasteiger partial charge in [-0.3, -0.25) is 4.79 Å². The summed E-state index contributed by atoms with van der Waals surface area (Å²) >= 11 is 0. The molecule has 0 N–H and O–H groups in total. The van der Waals surface area contributed by atoms with E-state index in [1.807, 2.05) is 60.7 Å². The molecule has 0 saturated carbocycles. The van der Waals surface area contributed by atoms with Crippen LogP contribution in [0.5, 0.6) is 0 Å². The van der Waals surface area contributed by atoms with Crippen LogP contribution in [0, 0.1) is 5.82 Å². The number of hydrogen-bond donors (Lipinski definition) is 0. The van der Waals surface area contributed by atoms with Crippen LogP contribution >= 0.6 is 0 Å². The first-order valence-electron chi connectivity index (χ1n) is 11.6. The van der Waals surface area contributed by atoms with E-state index in [-0.39, 0.29) is 11.7 Å². The highest BCUT2D eigenvalue weighted by Crippen LogP contribution is 2.34. The van der Waals surface area contributed by atoms with Gasteiger partial charge in [0.15, 0.2) is 0 Å². The summed E-state index contributed by atoms with van der Waals surface area (Å²) in [5, 5.41) is 4.43. The molecule has 34 heavy (non-hydrogen) atoms. The summed E-state index contributed by atoms with van der Waals surface area (Å²) in [4.78, 5) is 17.6. The summed E-state index contributed by atoms with van der Waals surface area (Å²) in [6.07, 6.45) is 2.20. The zero-order valence-corrected chi connectivity index (χ0v) is 18.9. The second-order valence-electron chi connectivity index (χ2n) is 8.53. The standard InChI is InChI=1S/C28H26FN3O2/c29-24-15-13-23(14-16-24)27(33)32(19-21-9-3-1-4-10-21)20-25-26(22-11-5-2-6-12-22)30-34-28(25)31-17-7-8-18-31/h1-6,9-16H,7-8,17-20H2. The van der Waals surface area contributed by atoms with Crippen LogP contribution in [0.4, 0.5) is 10.3 Å². The molecule has 3 aromatic carbocycles. The highest BCUT2D eigenvalue weighted by atomic mass is 19.1. The number of aromatic nitrogens is 1. The molecule has 2 heterocycles. The minimum atomic E-state index is -0.368. The molecule has 5 nitrogen and oxygen atoms in total. The molecular weight excluding hydrogens is 429 g/mol.